The molecule has 2 bridgehead atoms. The van der Waals surface area contributed by atoms with Crippen LogP contribution in [0, 0.1) is 5.92 Å². The van der Waals surface area contributed by atoms with Crippen LogP contribution in [0.4, 0.5) is 4.79 Å². The van der Waals surface area contributed by atoms with Gasteiger partial charge < -0.3 is 24.3 Å². The molecule has 3 atom stereocenters. The van der Waals surface area contributed by atoms with Gasteiger partial charge in [-0.1, -0.05) is 18.2 Å². The van der Waals surface area contributed by atoms with Crippen LogP contribution in [-0.2, 0) is 6.54 Å². The summed E-state index contributed by atoms with van der Waals surface area (Å²) in [6.07, 6.45) is 0.825. The number of para-hydroxylation sites is 2. The number of pyridine rings is 1. The van der Waals surface area contributed by atoms with E-state index in [1.807, 2.05) is 45.9 Å². The lowest BCUT2D eigenvalue weighted by Gasteiger charge is -2.42. The summed E-state index contributed by atoms with van der Waals surface area (Å²) < 4.78 is 13.5. The number of aromatic nitrogens is 1. The lowest BCUT2D eigenvalue weighted by Crippen LogP contribution is -2.53. The van der Waals surface area contributed by atoms with Crippen molar-refractivity contribution >= 4 is 6.03 Å². The second kappa shape index (κ2) is 6.89. The van der Waals surface area contributed by atoms with Gasteiger partial charge in [0.25, 0.3) is 5.56 Å². The van der Waals surface area contributed by atoms with E-state index < -0.39 is 0 Å². The maximum Gasteiger partial charge on any atom is 0.317 e. The summed E-state index contributed by atoms with van der Waals surface area (Å²) in [6.45, 7) is 2.81. The standard InChI is InChI=1S/C21H23N3O4/c25-20-7-3-4-17-15-8-14(11-24(17)20)10-23(12-15)21(26)22-9-16-13-27-18-5-1-2-6-19(18)28-16/h1-7,14-16H,8-13H2,(H,22,26)/t14-,15+,16?/m1/s1. The number of ether oxygens (including phenoxy) is 2. The van der Waals surface area contributed by atoms with Crippen molar-refractivity contribution < 1.29 is 14.3 Å². The zero-order chi connectivity index (χ0) is 19.1. The van der Waals surface area contributed by atoms with Gasteiger partial charge in [0.15, 0.2) is 17.6 Å². The van der Waals surface area contributed by atoms with Crippen molar-refractivity contribution in [2.75, 3.05) is 26.2 Å². The molecule has 1 aromatic carbocycles. The third-order valence-electron chi connectivity index (χ3n) is 5.82. The number of likely N-dealkylation sites (tertiary alicyclic amines) is 1. The molecular weight excluding hydrogens is 358 g/mol. The minimum atomic E-state index is -0.206. The largest absolute Gasteiger partial charge is 0.486 e. The number of nitrogens with zero attached hydrogens (tertiary/aromatic N) is 2. The third kappa shape index (κ3) is 3.10. The van der Waals surface area contributed by atoms with E-state index in [0.717, 1.165) is 17.9 Å². The molecule has 2 amide bonds. The lowest BCUT2D eigenvalue weighted by molar-refractivity contribution is 0.0868. The molecule has 1 unspecified atom stereocenters. The van der Waals surface area contributed by atoms with Crippen molar-refractivity contribution in [1.29, 1.82) is 0 Å². The minimum Gasteiger partial charge on any atom is -0.486 e. The van der Waals surface area contributed by atoms with Crippen LogP contribution in [0.5, 0.6) is 11.5 Å². The molecule has 4 heterocycles. The first-order chi connectivity index (χ1) is 13.7. The highest BCUT2D eigenvalue weighted by Gasteiger charge is 2.36. The Balaban J connectivity index is 1.21. The van der Waals surface area contributed by atoms with Crippen LogP contribution >= 0.6 is 0 Å². The topological polar surface area (TPSA) is 72.8 Å². The van der Waals surface area contributed by atoms with Gasteiger partial charge in [0.1, 0.15) is 6.61 Å². The third-order valence-corrected chi connectivity index (χ3v) is 5.82. The number of fused-ring (bicyclic) bond motifs is 5. The van der Waals surface area contributed by atoms with Crippen molar-refractivity contribution in [2.24, 2.45) is 5.92 Å². The predicted molar refractivity (Wildman–Crippen MR) is 103 cm³/mol. The van der Waals surface area contributed by atoms with Crippen molar-refractivity contribution in [1.82, 2.24) is 14.8 Å². The molecule has 0 aliphatic carbocycles. The number of carbonyl (C=O) groups is 1. The molecule has 0 spiro atoms. The summed E-state index contributed by atoms with van der Waals surface area (Å²) in [7, 11) is 0. The van der Waals surface area contributed by atoms with E-state index in [2.05, 4.69) is 5.32 Å². The van der Waals surface area contributed by atoms with Gasteiger partial charge in [-0.3, -0.25) is 4.79 Å². The summed E-state index contributed by atoms with van der Waals surface area (Å²) in [5, 5.41) is 2.99. The molecule has 1 saturated heterocycles. The Morgan fingerprint density at radius 3 is 2.82 bits per heavy atom. The van der Waals surface area contributed by atoms with Gasteiger partial charge in [-0.05, 0) is 30.5 Å². The quantitative estimate of drug-likeness (QED) is 0.861. The minimum absolute atomic E-state index is 0.0554. The number of carbonyl (C=O) groups excluding carboxylic acids is 1. The molecule has 2 aromatic rings. The summed E-state index contributed by atoms with van der Waals surface area (Å²) >= 11 is 0. The number of rotatable bonds is 2. The molecule has 1 fully saturated rings. The first-order valence-electron chi connectivity index (χ1n) is 9.78. The molecule has 28 heavy (non-hydrogen) atoms. The first-order valence-corrected chi connectivity index (χ1v) is 9.78. The van der Waals surface area contributed by atoms with E-state index in [1.165, 1.54) is 0 Å². The van der Waals surface area contributed by atoms with Crippen LogP contribution in [0.1, 0.15) is 18.0 Å². The van der Waals surface area contributed by atoms with Crippen molar-refractivity contribution in [3.63, 3.8) is 0 Å². The Hall–Kier alpha value is -2.96. The second-order valence-electron chi connectivity index (χ2n) is 7.79. The Kier molecular flexibility index (Phi) is 4.22. The average Bonchev–Trinajstić information content (AvgIpc) is 2.72. The maximum atomic E-state index is 12.7. The van der Waals surface area contributed by atoms with Crippen LogP contribution in [0.25, 0.3) is 0 Å². The van der Waals surface area contributed by atoms with Gasteiger partial charge in [-0.25, -0.2) is 4.79 Å². The number of nitrogens with one attached hydrogen (secondary N) is 1. The normalized spacial score (nSPS) is 25.0. The molecule has 5 rings (SSSR count). The molecule has 7 heteroatoms. The highest BCUT2D eigenvalue weighted by Crippen LogP contribution is 2.35. The highest BCUT2D eigenvalue weighted by molar-refractivity contribution is 5.74. The monoisotopic (exact) mass is 381 g/mol. The molecule has 1 N–H and O–H groups in total. The average molecular weight is 381 g/mol. The molecule has 3 aliphatic heterocycles. The van der Waals surface area contributed by atoms with E-state index in [-0.39, 0.29) is 23.6 Å². The van der Waals surface area contributed by atoms with Gasteiger partial charge in [0.2, 0.25) is 0 Å². The maximum absolute atomic E-state index is 12.7. The van der Waals surface area contributed by atoms with E-state index in [4.69, 9.17) is 9.47 Å². The summed E-state index contributed by atoms with van der Waals surface area (Å²) in [5.74, 6) is 1.98. The fourth-order valence-electron chi connectivity index (χ4n) is 4.54. The van der Waals surface area contributed by atoms with E-state index in [1.54, 1.807) is 6.07 Å². The Bertz CT molecular complexity index is 957. The van der Waals surface area contributed by atoms with Gasteiger partial charge in [0, 0.05) is 37.3 Å². The molecule has 146 valence electrons. The summed E-state index contributed by atoms with van der Waals surface area (Å²) in [6, 6.07) is 12.9. The summed E-state index contributed by atoms with van der Waals surface area (Å²) in [4.78, 5) is 26.7. The molecule has 3 aliphatic rings. The molecular formula is C21H23N3O4. The van der Waals surface area contributed by atoms with Crippen LogP contribution in [0.3, 0.4) is 0 Å². The van der Waals surface area contributed by atoms with Crippen LogP contribution < -0.4 is 20.3 Å². The number of hydrogen-bond donors (Lipinski definition) is 1. The fourth-order valence-corrected chi connectivity index (χ4v) is 4.54. The number of piperidine rings is 1. The predicted octanol–water partition coefficient (Wildman–Crippen LogP) is 1.82. The number of amides is 2. The number of benzene rings is 1. The lowest BCUT2D eigenvalue weighted by atomic mass is 9.83. The van der Waals surface area contributed by atoms with Crippen LogP contribution in [0.15, 0.2) is 47.3 Å². The van der Waals surface area contributed by atoms with Crippen molar-refractivity contribution in [2.45, 2.75) is 25.0 Å². The summed E-state index contributed by atoms with van der Waals surface area (Å²) in [5.41, 5.74) is 1.10. The second-order valence-corrected chi connectivity index (χ2v) is 7.79. The Morgan fingerprint density at radius 2 is 1.93 bits per heavy atom. The van der Waals surface area contributed by atoms with Crippen LogP contribution in [-0.4, -0.2) is 47.8 Å². The SMILES string of the molecule is O=C(NCC1COc2ccccc2O1)N1C[C@H]2C[C@@H](C1)c1cccc(=O)n1C2. The van der Waals surface area contributed by atoms with Gasteiger partial charge in [-0.2, -0.15) is 0 Å². The highest BCUT2D eigenvalue weighted by atomic mass is 16.6. The number of hydrogen-bond acceptors (Lipinski definition) is 4. The van der Waals surface area contributed by atoms with Crippen molar-refractivity contribution in [3.8, 4) is 11.5 Å². The van der Waals surface area contributed by atoms with Gasteiger partial charge in [-0.15, -0.1) is 0 Å². The van der Waals surface area contributed by atoms with Crippen molar-refractivity contribution in [3.05, 3.63) is 58.5 Å². The molecule has 7 nitrogen and oxygen atoms in total. The van der Waals surface area contributed by atoms with E-state index >= 15 is 0 Å². The Morgan fingerprint density at radius 1 is 1.07 bits per heavy atom. The number of urea groups is 1. The molecule has 0 saturated carbocycles. The molecule has 1 aromatic heterocycles. The van der Waals surface area contributed by atoms with Gasteiger partial charge >= 0.3 is 6.03 Å². The zero-order valence-electron chi connectivity index (χ0n) is 15.5. The van der Waals surface area contributed by atoms with E-state index in [0.29, 0.717) is 44.5 Å². The van der Waals surface area contributed by atoms with E-state index in [9.17, 15) is 9.59 Å². The fraction of sp³-hybridized carbons (Fsp3) is 0.429. The zero-order valence-corrected chi connectivity index (χ0v) is 15.5. The smallest absolute Gasteiger partial charge is 0.317 e. The first kappa shape index (κ1) is 17.2. The van der Waals surface area contributed by atoms with Crippen LogP contribution in [0.2, 0.25) is 0 Å². The van der Waals surface area contributed by atoms with Gasteiger partial charge in [0.05, 0.1) is 6.54 Å². The Labute approximate surface area is 162 Å². The molecule has 0 radical (unpaired) electrons.